The van der Waals surface area contributed by atoms with E-state index in [9.17, 15) is 0 Å². The zero-order chi connectivity index (χ0) is 7.97. The average Bonchev–Trinajstić information content (AvgIpc) is 2.49. The number of fused-ring (bicyclic) bond motifs is 4. The molecule has 0 unspecified atom stereocenters. The number of aromatic nitrogens is 1. The van der Waals surface area contributed by atoms with Crippen molar-refractivity contribution in [2.45, 2.75) is 0 Å². The molecule has 0 saturated carbocycles. The van der Waals surface area contributed by atoms with Gasteiger partial charge in [0.25, 0.3) is 0 Å². The van der Waals surface area contributed by atoms with Gasteiger partial charge in [-0.3, -0.25) is 0 Å². The van der Waals surface area contributed by atoms with Crippen molar-refractivity contribution < 1.29 is 0 Å². The zero-order valence-electron chi connectivity index (χ0n) is 6.46. The first-order valence-corrected chi connectivity index (χ1v) is 3.99. The molecule has 0 saturated heterocycles. The Morgan fingerprint density at radius 3 is 2.92 bits per heavy atom. The van der Waals surface area contributed by atoms with E-state index in [0.29, 0.717) is 0 Å². The quantitative estimate of drug-likeness (QED) is 0.510. The second-order valence-electron chi connectivity index (χ2n) is 2.96. The van der Waals surface area contributed by atoms with E-state index in [-0.39, 0.29) is 0 Å². The van der Waals surface area contributed by atoms with E-state index in [1.165, 1.54) is 16.8 Å². The molecule has 1 heteroatoms. The highest BCUT2D eigenvalue weighted by molar-refractivity contribution is 5.70. The topological polar surface area (TPSA) is 15.8 Å². The summed E-state index contributed by atoms with van der Waals surface area (Å²) in [7, 11) is 0. The fourth-order valence-electron chi connectivity index (χ4n) is 1.60. The molecule has 56 valence electrons. The first-order chi connectivity index (χ1) is 5.93. The first-order valence-electron chi connectivity index (χ1n) is 3.99. The van der Waals surface area contributed by atoms with Crippen molar-refractivity contribution in [3.05, 3.63) is 54.1 Å². The summed E-state index contributed by atoms with van der Waals surface area (Å²) in [6.45, 7) is 0. The number of H-pyrrole nitrogens is 1. The molecule has 2 radical (unpaired) electrons. The van der Waals surface area contributed by atoms with Crippen LogP contribution in [-0.2, 0) is 0 Å². The third kappa shape index (κ3) is 0.681. The van der Waals surface area contributed by atoms with Gasteiger partial charge in [-0.15, -0.1) is 0 Å². The number of hydrogen-bond acceptors (Lipinski definition) is 0. The van der Waals surface area contributed by atoms with Crippen LogP contribution >= 0.6 is 0 Å². The summed E-state index contributed by atoms with van der Waals surface area (Å²) in [5, 5.41) is 0. The zero-order valence-corrected chi connectivity index (χ0v) is 6.46. The Balaban J connectivity index is 2.36. The van der Waals surface area contributed by atoms with Gasteiger partial charge in [0.15, 0.2) is 0 Å². The molecule has 1 N–H and O–H groups in total. The van der Waals surface area contributed by atoms with Gasteiger partial charge in [-0.2, -0.15) is 0 Å². The summed E-state index contributed by atoms with van der Waals surface area (Å²) in [6, 6.07) is 12.4. The highest BCUT2D eigenvalue weighted by Crippen LogP contribution is 2.30. The third-order valence-electron chi connectivity index (χ3n) is 2.17. The third-order valence-corrected chi connectivity index (χ3v) is 2.17. The van der Waals surface area contributed by atoms with Gasteiger partial charge in [-0.1, -0.05) is 24.3 Å². The van der Waals surface area contributed by atoms with Gasteiger partial charge in [0.2, 0.25) is 0 Å². The Kier molecular flexibility index (Phi) is 1.01. The lowest BCUT2D eigenvalue weighted by atomic mass is 10.0. The second-order valence-corrected chi connectivity index (χ2v) is 2.96. The molecular weight excluding hydrogens is 146 g/mol. The largest absolute Gasteiger partial charge is 0.358 e. The Morgan fingerprint density at radius 2 is 1.92 bits per heavy atom. The first kappa shape index (κ1) is 6.06. The molecule has 0 aliphatic carbocycles. The van der Waals surface area contributed by atoms with Gasteiger partial charge in [0, 0.05) is 17.0 Å². The molecule has 1 aromatic carbocycles. The molecule has 1 aliphatic rings. The molecule has 0 spiro atoms. The molecule has 2 bridgehead atoms. The maximum atomic E-state index is 3.29. The maximum absolute atomic E-state index is 3.29. The van der Waals surface area contributed by atoms with Crippen LogP contribution in [-0.4, -0.2) is 4.98 Å². The molecule has 0 amide bonds. The van der Waals surface area contributed by atoms with E-state index in [1.54, 1.807) is 0 Å². The van der Waals surface area contributed by atoms with Gasteiger partial charge in [0.05, 0.1) is 6.42 Å². The van der Waals surface area contributed by atoms with Gasteiger partial charge in [-0.05, 0) is 17.7 Å². The lowest BCUT2D eigenvalue weighted by molar-refractivity contribution is 1.23. The Hall–Kier alpha value is -1.50. The minimum Gasteiger partial charge on any atom is -0.358 e. The summed E-state index contributed by atoms with van der Waals surface area (Å²) < 4.78 is 0. The summed E-state index contributed by atoms with van der Waals surface area (Å²) in [6.07, 6.45) is 3.29. The van der Waals surface area contributed by atoms with Crippen LogP contribution in [0.1, 0.15) is 11.3 Å². The van der Waals surface area contributed by atoms with Crippen LogP contribution in [0.25, 0.3) is 11.3 Å². The van der Waals surface area contributed by atoms with Crippen LogP contribution in [0, 0.1) is 6.42 Å². The molecule has 0 fully saturated rings. The number of nitrogens with one attached hydrogen (secondary N) is 1. The normalized spacial score (nSPS) is 12.7. The van der Waals surface area contributed by atoms with E-state index in [1.807, 2.05) is 12.1 Å². The average molecular weight is 153 g/mol. The van der Waals surface area contributed by atoms with Crippen molar-refractivity contribution in [1.82, 2.24) is 4.98 Å². The van der Waals surface area contributed by atoms with E-state index in [0.717, 1.165) is 5.69 Å². The van der Waals surface area contributed by atoms with Crippen molar-refractivity contribution in [3.8, 4) is 11.3 Å². The van der Waals surface area contributed by atoms with E-state index < -0.39 is 0 Å². The molecule has 3 rings (SSSR count). The van der Waals surface area contributed by atoms with Crippen LogP contribution in [0.5, 0.6) is 0 Å². The summed E-state index contributed by atoms with van der Waals surface area (Å²) in [5.74, 6) is 0. The number of hydrogen-bond donors (Lipinski definition) is 1. The molecule has 0 atom stereocenters. The summed E-state index contributed by atoms with van der Waals surface area (Å²) in [5.41, 5.74) is 4.70. The summed E-state index contributed by atoms with van der Waals surface area (Å²) >= 11 is 0. The minimum atomic E-state index is 1.07. The lowest BCUT2D eigenvalue weighted by Crippen LogP contribution is -1.94. The summed E-state index contributed by atoms with van der Waals surface area (Å²) in [4.78, 5) is 3.26. The van der Waals surface area contributed by atoms with Crippen molar-refractivity contribution in [3.63, 3.8) is 0 Å². The maximum Gasteiger partial charge on any atom is 0.0689 e. The van der Waals surface area contributed by atoms with E-state index in [2.05, 4.69) is 35.7 Å². The number of benzene rings is 1. The molecule has 1 nitrogen and oxygen atoms in total. The molecular formula is C11H7N. The molecule has 2 aromatic rings. The fraction of sp³-hybridized carbons (Fsp3) is 0. The predicted octanol–water partition coefficient (Wildman–Crippen LogP) is 2.47. The number of aromatic amines is 1. The smallest absolute Gasteiger partial charge is 0.0689 e. The lowest BCUT2D eigenvalue weighted by Gasteiger charge is -2.10. The van der Waals surface area contributed by atoms with Crippen molar-refractivity contribution in [2.75, 3.05) is 0 Å². The van der Waals surface area contributed by atoms with Crippen LogP contribution < -0.4 is 0 Å². The van der Waals surface area contributed by atoms with Crippen LogP contribution in [0.3, 0.4) is 0 Å². The van der Waals surface area contributed by atoms with Crippen LogP contribution in [0.4, 0.5) is 0 Å². The van der Waals surface area contributed by atoms with Gasteiger partial charge >= 0.3 is 0 Å². The van der Waals surface area contributed by atoms with Gasteiger partial charge in [-0.25, -0.2) is 0 Å². The van der Waals surface area contributed by atoms with Crippen LogP contribution in [0.15, 0.2) is 36.4 Å². The SMILES string of the molecule is [C]1c2ccc([nH]2)-c2ccccc21. The van der Waals surface area contributed by atoms with Crippen molar-refractivity contribution in [1.29, 1.82) is 0 Å². The van der Waals surface area contributed by atoms with Gasteiger partial charge in [0.1, 0.15) is 0 Å². The highest BCUT2D eigenvalue weighted by Gasteiger charge is 2.13. The standard InChI is InChI=1S/C11H7N/c1-2-4-10-8(3-1)7-9-5-6-11(10)12-9/h1-6,12H. The number of rotatable bonds is 0. The highest BCUT2D eigenvalue weighted by atomic mass is 14.7. The Morgan fingerprint density at radius 1 is 1.00 bits per heavy atom. The Labute approximate surface area is 71.1 Å². The van der Waals surface area contributed by atoms with E-state index in [4.69, 9.17) is 0 Å². The van der Waals surface area contributed by atoms with Gasteiger partial charge < -0.3 is 4.98 Å². The fourth-order valence-corrected chi connectivity index (χ4v) is 1.60. The molecule has 12 heavy (non-hydrogen) atoms. The Bertz CT molecular complexity index is 426. The van der Waals surface area contributed by atoms with Crippen molar-refractivity contribution in [2.24, 2.45) is 0 Å². The minimum absolute atomic E-state index is 1.07. The predicted molar refractivity (Wildman–Crippen MR) is 47.7 cm³/mol. The van der Waals surface area contributed by atoms with E-state index >= 15 is 0 Å². The monoisotopic (exact) mass is 153 g/mol. The molecule has 1 aliphatic heterocycles. The molecule has 2 heterocycles. The second kappa shape index (κ2) is 2.01. The van der Waals surface area contributed by atoms with Crippen molar-refractivity contribution >= 4 is 0 Å². The molecule has 1 aromatic heterocycles. The van der Waals surface area contributed by atoms with Crippen LogP contribution in [0.2, 0.25) is 0 Å².